The van der Waals surface area contributed by atoms with Crippen molar-refractivity contribution in [2.45, 2.75) is 57.5 Å². The number of likely N-dealkylation sites (tertiary alicyclic amines) is 1. The number of urea groups is 1. The average molecular weight is 281 g/mol. The molecule has 2 aliphatic rings. The quantitative estimate of drug-likeness (QED) is 0.800. The van der Waals surface area contributed by atoms with Crippen LogP contribution in [0.4, 0.5) is 4.79 Å². The number of carbonyl (C=O) groups excluding carboxylic acids is 3. The molecule has 2 fully saturated rings. The van der Waals surface area contributed by atoms with Crippen LogP contribution in [0.25, 0.3) is 0 Å². The minimum Gasteiger partial charge on any atom is -0.351 e. The van der Waals surface area contributed by atoms with Crippen LogP contribution in [0.5, 0.6) is 0 Å². The van der Waals surface area contributed by atoms with Crippen molar-refractivity contribution in [3.63, 3.8) is 0 Å². The van der Waals surface area contributed by atoms with Crippen molar-refractivity contribution >= 4 is 17.7 Å². The molecule has 3 N–H and O–H groups in total. The van der Waals surface area contributed by atoms with Crippen LogP contribution >= 0.6 is 0 Å². The lowest BCUT2D eigenvalue weighted by Crippen LogP contribution is -2.52. The Hall–Kier alpha value is -1.43. The molecule has 2 rings (SSSR count). The summed E-state index contributed by atoms with van der Waals surface area (Å²) in [4.78, 5) is 36.9. The molecule has 0 aromatic heterocycles. The number of carbonyl (C=O) groups is 3. The largest absolute Gasteiger partial charge is 0.351 e. The molecule has 0 aromatic rings. The van der Waals surface area contributed by atoms with Crippen LogP contribution in [0.2, 0.25) is 0 Å². The summed E-state index contributed by atoms with van der Waals surface area (Å²) in [6.45, 7) is 2.56. The van der Waals surface area contributed by atoms with Gasteiger partial charge in [0.1, 0.15) is 5.78 Å². The molecule has 0 aromatic carbocycles. The van der Waals surface area contributed by atoms with E-state index in [-0.39, 0.29) is 17.9 Å². The van der Waals surface area contributed by atoms with E-state index in [0.29, 0.717) is 12.2 Å². The van der Waals surface area contributed by atoms with Crippen LogP contribution in [-0.4, -0.2) is 41.2 Å². The number of amides is 3. The summed E-state index contributed by atoms with van der Waals surface area (Å²) in [6, 6.07) is -1.12. The number of nitrogens with one attached hydrogen (secondary N) is 1. The highest BCUT2D eigenvalue weighted by Crippen LogP contribution is 2.33. The maximum absolute atomic E-state index is 12.1. The van der Waals surface area contributed by atoms with E-state index in [4.69, 9.17) is 5.73 Å². The number of hydrogen-bond acceptors (Lipinski definition) is 4. The number of hydrogen-bond donors (Lipinski definition) is 2. The minimum absolute atomic E-state index is 0.0510. The predicted octanol–water partition coefficient (Wildman–Crippen LogP) is 0.793. The Balaban J connectivity index is 2.04. The number of ketones is 1. The van der Waals surface area contributed by atoms with Crippen LogP contribution in [0.1, 0.15) is 45.4 Å². The van der Waals surface area contributed by atoms with Crippen LogP contribution in [0.15, 0.2) is 0 Å². The smallest absolute Gasteiger partial charge is 0.318 e. The highest BCUT2D eigenvalue weighted by molar-refractivity contribution is 5.96. The van der Waals surface area contributed by atoms with E-state index in [0.717, 1.165) is 38.6 Å². The van der Waals surface area contributed by atoms with Crippen molar-refractivity contribution in [1.82, 2.24) is 10.2 Å². The van der Waals surface area contributed by atoms with E-state index in [1.54, 1.807) is 6.92 Å². The number of Topliss-reactive ketones (excluding diaryl/α,β-unsaturated/α-hetero) is 1. The molecule has 1 aliphatic heterocycles. The van der Waals surface area contributed by atoms with E-state index in [2.05, 4.69) is 10.2 Å². The second kappa shape index (κ2) is 6.35. The number of nitrogens with two attached hydrogens (primary N) is 1. The zero-order chi connectivity index (χ0) is 14.7. The summed E-state index contributed by atoms with van der Waals surface area (Å²) in [5.74, 6) is -0.00149. The monoisotopic (exact) mass is 281 g/mol. The molecule has 0 radical (unpaired) electrons. The van der Waals surface area contributed by atoms with Gasteiger partial charge in [0, 0.05) is 18.4 Å². The lowest BCUT2D eigenvalue weighted by atomic mass is 9.81. The molecule has 3 amide bonds. The number of primary amides is 1. The topological polar surface area (TPSA) is 92.5 Å². The Morgan fingerprint density at radius 3 is 2.70 bits per heavy atom. The van der Waals surface area contributed by atoms with Gasteiger partial charge in [0.25, 0.3) is 0 Å². The zero-order valence-electron chi connectivity index (χ0n) is 11.9. The number of nitrogens with zero attached hydrogens (tertiary/aromatic N) is 1. The van der Waals surface area contributed by atoms with Crippen LogP contribution in [-0.2, 0) is 9.59 Å². The average Bonchev–Trinajstić information content (AvgIpc) is 2.86. The zero-order valence-corrected chi connectivity index (χ0v) is 11.9. The molecular weight excluding hydrogens is 258 g/mol. The maximum atomic E-state index is 12.1. The van der Waals surface area contributed by atoms with Gasteiger partial charge in [-0.25, -0.2) is 4.79 Å². The van der Waals surface area contributed by atoms with E-state index in [9.17, 15) is 14.4 Å². The fourth-order valence-electron chi connectivity index (χ4n) is 3.52. The third-order valence-corrected chi connectivity index (χ3v) is 4.53. The molecule has 0 spiro atoms. The fraction of sp³-hybridized carbons (Fsp3) is 0.786. The van der Waals surface area contributed by atoms with Crippen molar-refractivity contribution in [3.05, 3.63) is 0 Å². The maximum Gasteiger partial charge on any atom is 0.318 e. The van der Waals surface area contributed by atoms with E-state index < -0.39 is 12.1 Å². The van der Waals surface area contributed by atoms with Crippen molar-refractivity contribution in [3.8, 4) is 0 Å². The molecule has 1 aliphatic carbocycles. The van der Waals surface area contributed by atoms with Crippen LogP contribution < -0.4 is 11.1 Å². The summed E-state index contributed by atoms with van der Waals surface area (Å²) in [6.07, 6.45) is 5.59. The van der Waals surface area contributed by atoms with Gasteiger partial charge in [-0.3, -0.25) is 19.8 Å². The van der Waals surface area contributed by atoms with Gasteiger partial charge in [0.2, 0.25) is 5.91 Å². The third kappa shape index (κ3) is 3.17. The van der Waals surface area contributed by atoms with Crippen molar-refractivity contribution in [2.24, 2.45) is 11.7 Å². The van der Waals surface area contributed by atoms with Gasteiger partial charge in [0.05, 0.1) is 6.04 Å². The highest BCUT2D eigenvalue weighted by atomic mass is 16.2. The van der Waals surface area contributed by atoms with Gasteiger partial charge in [-0.15, -0.1) is 0 Å². The molecule has 20 heavy (non-hydrogen) atoms. The van der Waals surface area contributed by atoms with E-state index in [1.807, 2.05) is 0 Å². The third-order valence-electron chi connectivity index (χ3n) is 4.53. The standard InChI is InChI=1S/C14H23N3O3/c1-9(13(19)16-14(15)20)17-8-4-6-11(17)10-5-2-3-7-12(10)18/h9-11H,2-8H2,1H3,(H3,15,16,19,20). The first-order valence-electron chi connectivity index (χ1n) is 7.39. The second-order valence-corrected chi connectivity index (χ2v) is 5.80. The normalized spacial score (nSPS) is 29.1. The van der Waals surface area contributed by atoms with Crippen molar-refractivity contribution in [2.75, 3.05) is 6.54 Å². The Bertz CT molecular complexity index is 410. The van der Waals surface area contributed by atoms with Gasteiger partial charge < -0.3 is 5.73 Å². The summed E-state index contributed by atoms with van der Waals surface area (Å²) in [5, 5.41) is 2.13. The Morgan fingerprint density at radius 2 is 2.05 bits per heavy atom. The molecule has 1 heterocycles. The first-order chi connectivity index (χ1) is 9.50. The van der Waals surface area contributed by atoms with Crippen molar-refractivity contribution in [1.29, 1.82) is 0 Å². The summed E-state index contributed by atoms with van der Waals surface area (Å²) < 4.78 is 0. The summed E-state index contributed by atoms with van der Waals surface area (Å²) in [5.41, 5.74) is 4.99. The fourth-order valence-corrected chi connectivity index (χ4v) is 3.52. The molecule has 112 valence electrons. The molecular formula is C14H23N3O3. The van der Waals surface area contributed by atoms with Gasteiger partial charge in [-0.2, -0.15) is 0 Å². The van der Waals surface area contributed by atoms with E-state index >= 15 is 0 Å². The summed E-state index contributed by atoms with van der Waals surface area (Å²) in [7, 11) is 0. The molecule has 6 heteroatoms. The lowest BCUT2D eigenvalue weighted by molar-refractivity contribution is -0.130. The van der Waals surface area contributed by atoms with Gasteiger partial charge in [-0.05, 0) is 39.2 Å². The lowest BCUT2D eigenvalue weighted by Gasteiger charge is -2.35. The number of rotatable bonds is 3. The number of imide groups is 1. The van der Waals surface area contributed by atoms with Gasteiger partial charge in [0.15, 0.2) is 0 Å². The van der Waals surface area contributed by atoms with Gasteiger partial charge in [-0.1, -0.05) is 6.42 Å². The Morgan fingerprint density at radius 1 is 1.30 bits per heavy atom. The molecule has 1 saturated carbocycles. The molecule has 1 saturated heterocycles. The van der Waals surface area contributed by atoms with Crippen molar-refractivity contribution < 1.29 is 14.4 Å². The minimum atomic E-state index is -0.827. The van der Waals surface area contributed by atoms with Crippen LogP contribution in [0, 0.1) is 5.92 Å². The molecule has 0 bridgehead atoms. The first kappa shape index (κ1) is 15.0. The second-order valence-electron chi connectivity index (χ2n) is 5.80. The van der Waals surface area contributed by atoms with Gasteiger partial charge >= 0.3 is 6.03 Å². The predicted molar refractivity (Wildman–Crippen MR) is 73.9 cm³/mol. The first-order valence-corrected chi connectivity index (χ1v) is 7.39. The Kier molecular flexibility index (Phi) is 4.75. The molecule has 3 atom stereocenters. The Labute approximate surface area is 119 Å². The SMILES string of the molecule is CC(C(=O)NC(N)=O)N1CCCC1C1CCCCC1=O. The molecule has 6 nitrogen and oxygen atoms in total. The van der Waals surface area contributed by atoms with Crippen LogP contribution in [0.3, 0.4) is 0 Å². The van der Waals surface area contributed by atoms with E-state index in [1.165, 1.54) is 0 Å². The summed E-state index contributed by atoms with van der Waals surface area (Å²) >= 11 is 0. The highest BCUT2D eigenvalue weighted by Gasteiger charge is 2.40. The molecule has 3 unspecified atom stereocenters.